The van der Waals surface area contributed by atoms with Gasteiger partial charge in [0, 0.05) is 29.9 Å². The van der Waals surface area contributed by atoms with Crippen LogP contribution in [-0.2, 0) is 6.42 Å². The molecule has 0 saturated carbocycles. The average Bonchev–Trinajstić information content (AvgIpc) is 3.16. The van der Waals surface area contributed by atoms with E-state index in [1.165, 1.54) is 6.92 Å². The van der Waals surface area contributed by atoms with E-state index in [2.05, 4.69) is 15.3 Å². The number of hydrogen-bond acceptors (Lipinski definition) is 5. The highest BCUT2D eigenvalue weighted by molar-refractivity contribution is 5.97. The molecule has 2 heterocycles. The zero-order valence-electron chi connectivity index (χ0n) is 15.4. The highest BCUT2D eigenvalue weighted by atomic mass is 16.5. The van der Waals surface area contributed by atoms with E-state index >= 15 is 0 Å². The minimum Gasteiger partial charge on any atom is -0.487 e. The van der Waals surface area contributed by atoms with E-state index in [0.717, 1.165) is 16.9 Å². The Balaban J connectivity index is 1.42. The van der Waals surface area contributed by atoms with Gasteiger partial charge in [0.2, 0.25) is 0 Å². The number of rotatable bonds is 5. The van der Waals surface area contributed by atoms with Gasteiger partial charge in [0.1, 0.15) is 11.9 Å². The molecule has 1 aliphatic rings. The monoisotopic (exact) mass is 373 g/mol. The predicted molar refractivity (Wildman–Crippen MR) is 104 cm³/mol. The molecule has 0 fully saturated rings. The minimum absolute atomic E-state index is 0.0257. The number of aromatic nitrogens is 2. The highest BCUT2D eigenvalue weighted by Gasteiger charge is 2.26. The van der Waals surface area contributed by atoms with Crippen molar-refractivity contribution in [2.45, 2.75) is 19.4 Å². The van der Waals surface area contributed by atoms with Crippen LogP contribution in [0.4, 0.5) is 0 Å². The van der Waals surface area contributed by atoms with Gasteiger partial charge in [-0.3, -0.25) is 9.59 Å². The molecule has 2 aromatic carbocycles. The summed E-state index contributed by atoms with van der Waals surface area (Å²) in [4.78, 5) is 32.3. The van der Waals surface area contributed by atoms with Crippen molar-refractivity contribution in [3.63, 3.8) is 0 Å². The second-order valence-electron chi connectivity index (χ2n) is 6.65. The van der Waals surface area contributed by atoms with Gasteiger partial charge < -0.3 is 10.1 Å². The first kappa shape index (κ1) is 17.9. The summed E-state index contributed by atoms with van der Waals surface area (Å²) in [6, 6.07) is 14.3. The normalized spacial score (nSPS) is 14.8. The third kappa shape index (κ3) is 3.62. The Morgan fingerprint density at radius 2 is 1.75 bits per heavy atom. The van der Waals surface area contributed by atoms with E-state index in [0.29, 0.717) is 29.9 Å². The van der Waals surface area contributed by atoms with Gasteiger partial charge in [-0.05, 0) is 36.8 Å². The first-order valence-corrected chi connectivity index (χ1v) is 9.07. The van der Waals surface area contributed by atoms with E-state index in [-0.39, 0.29) is 17.8 Å². The third-order valence-electron chi connectivity index (χ3n) is 4.68. The van der Waals surface area contributed by atoms with E-state index in [4.69, 9.17) is 4.74 Å². The first-order chi connectivity index (χ1) is 13.6. The summed E-state index contributed by atoms with van der Waals surface area (Å²) in [5.41, 5.74) is 3.03. The van der Waals surface area contributed by atoms with Gasteiger partial charge in [0.15, 0.2) is 11.6 Å². The number of benzene rings is 2. The number of fused-ring (bicyclic) bond motifs is 1. The number of ether oxygens (including phenoxy) is 1. The molecular formula is C22H19N3O3. The Morgan fingerprint density at radius 3 is 2.46 bits per heavy atom. The maximum absolute atomic E-state index is 12.4. The highest BCUT2D eigenvalue weighted by Crippen LogP contribution is 2.37. The van der Waals surface area contributed by atoms with Crippen molar-refractivity contribution in [2.24, 2.45) is 0 Å². The van der Waals surface area contributed by atoms with Gasteiger partial charge in [-0.15, -0.1) is 0 Å². The van der Waals surface area contributed by atoms with Crippen LogP contribution in [0.5, 0.6) is 5.75 Å². The van der Waals surface area contributed by atoms with Crippen molar-refractivity contribution < 1.29 is 14.3 Å². The molecule has 0 bridgehead atoms. The fourth-order valence-electron chi connectivity index (χ4n) is 3.23. The molecule has 3 aromatic rings. The van der Waals surface area contributed by atoms with Crippen LogP contribution in [0.25, 0.3) is 11.4 Å². The Bertz CT molecular complexity index is 1020. The zero-order valence-corrected chi connectivity index (χ0v) is 15.4. The molecular weight excluding hydrogens is 354 g/mol. The van der Waals surface area contributed by atoms with Gasteiger partial charge in [0.05, 0.1) is 12.1 Å². The Kier molecular flexibility index (Phi) is 4.85. The Hall–Kier alpha value is -3.54. The summed E-state index contributed by atoms with van der Waals surface area (Å²) in [5.74, 6) is 1.18. The van der Waals surface area contributed by atoms with Crippen LogP contribution in [0.1, 0.15) is 33.2 Å². The van der Waals surface area contributed by atoms with Crippen molar-refractivity contribution in [2.75, 3.05) is 6.54 Å². The largest absolute Gasteiger partial charge is 0.487 e. The molecule has 6 nitrogen and oxygen atoms in total. The fourth-order valence-corrected chi connectivity index (χ4v) is 3.23. The van der Waals surface area contributed by atoms with E-state index in [1.54, 1.807) is 42.7 Å². The maximum Gasteiger partial charge on any atom is 0.251 e. The molecule has 0 aliphatic carbocycles. The van der Waals surface area contributed by atoms with Crippen LogP contribution in [0.15, 0.2) is 60.9 Å². The van der Waals surface area contributed by atoms with Crippen LogP contribution in [0, 0.1) is 0 Å². The number of Topliss-reactive ketones (excluding diaryl/α,β-unsaturated/α-hetero) is 1. The third-order valence-corrected chi connectivity index (χ3v) is 4.68. The van der Waals surface area contributed by atoms with Gasteiger partial charge in [-0.1, -0.05) is 24.3 Å². The predicted octanol–water partition coefficient (Wildman–Crippen LogP) is 3.08. The van der Waals surface area contributed by atoms with Gasteiger partial charge in [-0.2, -0.15) is 0 Å². The number of carbonyl (C=O) groups is 2. The SMILES string of the molecule is CC(=O)c1ccc(C(=O)NCC2Cc3cccc(-c4ncccn4)c3O2)cc1. The maximum atomic E-state index is 12.4. The molecule has 140 valence electrons. The number of para-hydroxylation sites is 1. The summed E-state index contributed by atoms with van der Waals surface area (Å²) in [7, 11) is 0. The fraction of sp³-hybridized carbons (Fsp3) is 0.182. The van der Waals surface area contributed by atoms with E-state index in [9.17, 15) is 9.59 Å². The lowest BCUT2D eigenvalue weighted by Crippen LogP contribution is -2.34. The minimum atomic E-state index is -0.193. The Labute approximate surface area is 162 Å². The van der Waals surface area contributed by atoms with Crippen molar-refractivity contribution in [1.82, 2.24) is 15.3 Å². The lowest BCUT2D eigenvalue weighted by Gasteiger charge is -2.13. The summed E-state index contributed by atoms with van der Waals surface area (Å²) in [6.45, 7) is 1.88. The van der Waals surface area contributed by atoms with Crippen LogP contribution < -0.4 is 10.1 Å². The second kappa shape index (κ2) is 7.60. The van der Waals surface area contributed by atoms with Crippen molar-refractivity contribution in [3.05, 3.63) is 77.6 Å². The van der Waals surface area contributed by atoms with Crippen LogP contribution in [0.3, 0.4) is 0 Å². The molecule has 1 atom stereocenters. The summed E-state index contributed by atoms with van der Waals surface area (Å²) >= 11 is 0. The summed E-state index contributed by atoms with van der Waals surface area (Å²) < 4.78 is 6.09. The first-order valence-electron chi connectivity index (χ1n) is 9.07. The Morgan fingerprint density at radius 1 is 1.04 bits per heavy atom. The van der Waals surface area contributed by atoms with Crippen LogP contribution in [-0.4, -0.2) is 34.3 Å². The molecule has 0 radical (unpaired) electrons. The number of nitrogens with one attached hydrogen (secondary N) is 1. The van der Waals surface area contributed by atoms with Gasteiger partial charge in [0.25, 0.3) is 5.91 Å². The average molecular weight is 373 g/mol. The standard InChI is InChI=1S/C22H19N3O3/c1-14(26)15-6-8-16(9-7-15)22(27)25-13-18-12-17-4-2-5-19(20(17)28-18)21-23-10-3-11-24-21/h2-11,18H,12-13H2,1H3,(H,25,27). The van der Waals surface area contributed by atoms with Crippen molar-refractivity contribution >= 4 is 11.7 Å². The summed E-state index contributed by atoms with van der Waals surface area (Å²) in [5, 5.41) is 2.90. The molecule has 4 rings (SSSR count). The molecule has 1 aromatic heterocycles. The molecule has 1 amide bonds. The number of hydrogen-bond donors (Lipinski definition) is 1. The molecule has 0 spiro atoms. The van der Waals surface area contributed by atoms with Crippen LogP contribution >= 0.6 is 0 Å². The smallest absolute Gasteiger partial charge is 0.251 e. The quantitative estimate of drug-likeness (QED) is 0.695. The topological polar surface area (TPSA) is 81.2 Å². The molecule has 28 heavy (non-hydrogen) atoms. The van der Waals surface area contributed by atoms with Crippen LogP contribution in [0.2, 0.25) is 0 Å². The summed E-state index contributed by atoms with van der Waals surface area (Å²) in [6.07, 6.45) is 3.96. The second-order valence-corrected chi connectivity index (χ2v) is 6.65. The van der Waals surface area contributed by atoms with E-state index in [1.807, 2.05) is 18.2 Å². The number of carbonyl (C=O) groups excluding carboxylic acids is 2. The van der Waals surface area contributed by atoms with Gasteiger partial charge >= 0.3 is 0 Å². The lowest BCUT2D eigenvalue weighted by atomic mass is 10.1. The van der Waals surface area contributed by atoms with E-state index < -0.39 is 0 Å². The molecule has 1 aliphatic heterocycles. The van der Waals surface area contributed by atoms with Crippen molar-refractivity contribution in [3.8, 4) is 17.1 Å². The molecule has 1 N–H and O–H groups in total. The molecule has 6 heteroatoms. The molecule has 0 saturated heterocycles. The van der Waals surface area contributed by atoms with Crippen molar-refractivity contribution in [1.29, 1.82) is 0 Å². The lowest BCUT2D eigenvalue weighted by molar-refractivity contribution is 0.0932. The number of nitrogens with zero attached hydrogens (tertiary/aromatic N) is 2. The number of ketones is 1. The zero-order chi connectivity index (χ0) is 19.5. The number of amides is 1. The van der Waals surface area contributed by atoms with Gasteiger partial charge in [-0.25, -0.2) is 9.97 Å². The molecule has 1 unspecified atom stereocenters.